The number of hydrogen-bond donors (Lipinski definition) is 4. The van der Waals surface area contributed by atoms with Gasteiger partial charge in [-0.2, -0.15) is 0 Å². The van der Waals surface area contributed by atoms with Crippen molar-refractivity contribution in [3.8, 4) is 0 Å². The van der Waals surface area contributed by atoms with Gasteiger partial charge in [0.15, 0.2) is 0 Å². The molecule has 0 radical (unpaired) electrons. The largest absolute Gasteiger partial charge is 0.353 e. The molecule has 0 saturated carbocycles. The quantitative estimate of drug-likeness (QED) is 0.604. The topological polar surface area (TPSA) is 65.2 Å². The van der Waals surface area contributed by atoms with Gasteiger partial charge in [0.05, 0.1) is 0 Å². The zero-order valence-electron chi connectivity index (χ0n) is 18.3. The van der Waals surface area contributed by atoms with Crippen LogP contribution in [0.2, 0.25) is 0 Å². The number of amides is 1. The second kappa shape index (κ2) is 7.40. The minimum absolute atomic E-state index is 0.0597. The van der Waals surface area contributed by atoms with Gasteiger partial charge in [0.25, 0.3) is 0 Å². The van der Waals surface area contributed by atoms with Gasteiger partial charge in [-0.1, -0.05) is 0 Å². The molecule has 4 N–H and O–H groups in total. The number of carbonyl (C=O) groups excluding carboxylic acids is 1. The molecule has 0 aromatic heterocycles. The Morgan fingerprint density at radius 1 is 0.769 bits per heavy atom. The summed E-state index contributed by atoms with van der Waals surface area (Å²) < 4.78 is 0. The Bertz CT molecular complexity index is 478. The van der Waals surface area contributed by atoms with Gasteiger partial charge in [0, 0.05) is 47.2 Å². The molecule has 5 heteroatoms. The van der Waals surface area contributed by atoms with Crippen LogP contribution in [0.25, 0.3) is 0 Å². The number of piperidine rings is 2. The third kappa shape index (κ3) is 6.82. The Kier molecular flexibility index (Phi) is 6.16. The summed E-state index contributed by atoms with van der Waals surface area (Å²) in [5.41, 5.74) is 0.385. The molecule has 152 valence electrons. The molecular formula is C21H42N4O. The standard InChI is InChI=1S/C21H42N4O/c1-18(2)11-15(12-19(3,4)24-18)22-10-9-17(26)23-16-13-20(5,6)25-21(7,8)14-16/h15-16,22,24-25H,9-14H2,1-8H3,(H,23,26). The zero-order chi connectivity index (χ0) is 19.8. The number of carbonyl (C=O) groups is 1. The predicted molar refractivity (Wildman–Crippen MR) is 109 cm³/mol. The molecule has 5 nitrogen and oxygen atoms in total. The van der Waals surface area contributed by atoms with Gasteiger partial charge in [-0.25, -0.2) is 0 Å². The van der Waals surface area contributed by atoms with E-state index in [1.54, 1.807) is 0 Å². The first kappa shape index (κ1) is 21.6. The van der Waals surface area contributed by atoms with E-state index in [9.17, 15) is 4.79 Å². The van der Waals surface area contributed by atoms with Crippen molar-refractivity contribution in [1.29, 1.82) is 0 Å². The Morgan fingerprint density at radius 2 is 1.15 bits per heavy atom. The van der Waals surface area contributed by atoms with Crippen LogP contribution < -0.4 is 21.3 Å². The summed E-state index contributed by atoms with van der Waals surface area (Å²) in [7, 11) is 0. The van der Waals surface area contributed by atoms with Crippen LogP contribution in [-0.4, -0.2) is 46.7 Å². The molecule has 2 fully saturated rings. The van der Waals surface area contributed by atoms with Crippen molar-refractivity contribution in [3.05, 3.63) is 0 Å². The van der Waals surface area contributed by atoms with Gasteiger partial charge in [-0.3, -0.25) is 4.79 Å². The Labute approximate surface area is 160 Å². The first-order chi connectivity index (χ1) is 11.7. The maximum atomic E-state index is 12.4. The fourth-order valence-electron chi connectivity index (χ4n) is 5.58. The molecule has 26 heavy (non-hydrogen) atoms. The van der Waals surface area contributed by atoms with Crippen molar-refractivity contribution in [2.24, 2.45) is 0 Å². The molecular weight excluding hydrogens is 324 g/mol. The van der Waals surface area contributed by atoms with E-state index in [0.717, 1.165) is 32.2 Å². The molecule has 0 aromatic rings. The number of nitrogens with one attached hydrogen (secondary N) is 4. The lowest BCUT2D eigenvalue weighted by Crippen LogP contribution is -2.62. The smallest absolute Gasteiger partial charge is 0.221 e. The fraction of sp³-hybridized carbons (Fsp3) is 0.952. The van der Waals surface area contributed by atoms with E-state index in [4.69, 9.17) is 0 Å². The van der Waals surface area contributed by atoms with E-state index < -0.39 is 0 Å². The molecule has 0 unspecified atom stereocenters. The summed E-state index contributed by atoms with van der Waals surface area (Å²) in [4.78, 5) is 12.4. The molecule has 1 amide bonds. The second-order valence-corrected chi connectivity index (χ2v) is 11.3. The fourth-order valence-corrected chi connectivity index (χ4v) is 5.58. The summed E-state index contributed by atoms with van der Waals surface area (Å²) >= 11 is 0. The highest BCUT2D eigenvalue weighted by atomic mass is 16.1. The van der Waals surface area contributed by atoms with Crippen molar-refractivity contribution in [3.63, 3.8) is 0 Å². The monoisotopic (exact) mass is 366 g/mol. The molecule has 0 bridgehead atoms. The van der Waals surface area contributed by atoms with Crippen LogP contribution in [0.1, 0.15) is 87.5 Å². The first-order valence-corrected chi connectivity index (χ1v) is 10.3. The van der Waals surface area contributed by atoms with Gasteiger partial charge in [0.2, 0.25) is 5.91 Å². The molecule has 2 heterocycles. The van der Waals surface area contributed by atoms with Crippen LogP contribution in [0.5, 0.6) is 0 Å². The average molecular weight is 367 g/mol. The lowest BCUT2D eigenvalue weighted by Gasteiger charge is -2.47. The molecule has 0 spiro atoms. The minimum Gasteiger partial charge on any atom is -0.353 e. The maximum absolute atomic E-state index is 12.4. The maximum Gasteiger partial charge on any atom is 0.221 e. The second-order valence-electron chi connectivity index (χ2n) is 11.3. The molecule has 2 saturated heterocycles. The van der Waals surface area contributed by atoms with E-state index in [-0.39, 0.29) is 34.1 Å². The summed E-state index contributed by atoms with van der Waals surface area (Å²) in [6.45, 7) is 18.7. The predicted octanol–water partition coefficient (Wildman–Crippen LogP) is 2.70. The summed E-state index contributed by atoms with van der Waals surface area (Å²) in [5.74, 6) is 0.170. The lowest BCUT2D eigenvalue weighted by molar-refractivity contribution is -0.122. The van der Waals surface area contributed by atoms with Crippen molar-refractivity contribution in [2.75, 3.05) is 6.54 Å². The molecule has 0 aliphatic carbocycles. The first-order valence-electron chi connectivity index (χ1n) is 10.3. The third-order valence-corrected chi connectivity index (χ3v) is 5.53. The van der Waals surface area contributed by atoms with Crippen LogP contribution in [0, 0.1) is 0 Å². The molecule has 2 aliphatic rings. The summed E-state index contributed by atoms with van der Waals surface area (Å²) in [6.07, 6.45) is 4.69. The van der Waals surface area contributed by atoms with E-state index in [0.29, 0.717) is 12.5 Å². The van der Waals surface area contributed by atoms with Gasteiger partial charge >= 0.3 is 0 Å². The highest BCUT2D eigenvalue weighted by molar-refractivity contribution is 5.76. The highest BCUT2D eigenvalue weighted by Crippen LogP contribution is 2.29. The molecule has 0 aromatic carbocycles. The van der Waals surface area contributed by atoms with Crippen LogP contribution in [-0.2, 0) is 4.79 Å². The van der Waals surface area contributed by atoms with E-state index in [1.807, 2.05) is 0 Å². The van der Waals surface area contributed by atoms with E-state index >= 15 is 0 Å². The van der Waals surface area contributed by atoms with E-state index in [1.165, 1.54) is 0 Å². The SMILES string of the molecule is CC1(C)CC(NCCC(=O)NC2CC(C)(C)NC(C)(C)C2)CC(C)(C)N1. The van der Waals surface area contributed by atoms with Crippen LogP contribution in [0.15, 0.2) is 0 Å². The number of hydrogen-bond acceptors (Lipinski definition) is 4. The van der Waals surface area contributed by atoms with Crippen LogP contribution in [0.4, 0.5) is 0 Å². The Balaban J connectivity index is 1.77. The summed E-state index contributed by atoms with van der Waals surface area (Å²) in [6, 6.07) is 0.719. The Hall–Kier alpha value is -0.650. The minimum atomic E-state index is 0.0597. The van der Waals surface area contributed by atoms with Crippen LogP contribution >= 0.6 is 0 Å². The Morgan fingerprint density at radius 3 is 1.58 bits per heavy atom. The molecule has 0 atom stereocenters. The third-order valence-electron chi connectivity index (χ3n) is 5.53. The van der Waals surface area contributed by atoms with Gasteiger partial charge in [-0.15, -0.1) is 0 Å². The normalized spacial score (nSPS) is 27.8. The summed E-state index contributed by atoms with van der Waals surface area (Å²) in [5, 5.41) is 14.3. The van der Waals surface area contributed by atoms with Gasteiger partial charge < -0.3 is 21.3 Å². The van der Waals surface area contributed by atoms with E-state index in [2.05, 4.69) is 76.7 Å². The number of rotatable bonds is 5. The van der Waals surface area contributed by atoms with Gasteiger partial charge in [-0.05, 0) is 81.1 Å². The van der Waals surface area contributed by atoms with Crippen molar-refractivity contribution >= 4 is 5.91 Å². The van der Waals surface area contributed by atoms with Crippen molar-refractivity contribution in [1.82, 2.24) is 21.3 Å². The highest BCUT2D eigenvalue weighted by Gasteiger charge is 2.39. The molecule has 2 aliphatic heterocycles. The molecule has 2 rings (SSSR count). The van der Waals surface area contributed by atoms with Gasteiger partial charge in [0.1, 0.15) is 0 Å². The van der Waals surface area contributed by atoms with Crippen molar-refractivity contribution < 1.29 is 4.79 Å². The van der Waals surface area contributed by atoms with Crippen molar-refractivity contribution in [2.45, 2.75) is 122 Å². The van der Waals surface area contributed by atoms with Crippen LogP contribution in [0.3, 0.4) is 0 Å². The lowest BCUT2D eigenvalue weighted by atomic mass is 9.79. The average Bonchev–Trinajstić information content (AvgIpc) is 2.29. The zero-order valence-corrected chi connectivity index (χ0v) is 18.3.